The molecule has 0 aromatic rings. The molecule has 0 radical (unpaired) electrons. The van der Waals surface area contributed by atoms with Crippen LogP contribution in [0.4, 0.5) is 0 Å². The van der Waals surface area contributed by atoms with Gasteiger partial charge in [-0.15, -0.1) is 0 Å². The van der Waals surface area contributed by atoms with E-state index in [0.717, 1.165) is 52.1 Å². The minimum Gasteiger partial charge on any atom is -0.342 e. The Morgan fingerprint density at radius 2 is 1.45 bits per heavy atom. The van der Waals surface area contributed by atoms with Gasteiger partial charge in [-0.05, 0) is 19.9 Å². The minimum atomic E-state index is 0.0554. The summed E-state index contributed by atoms with van der Waals surface area (Å²) in [5, 5.41) is 0. The van der Waals surface area contributed by atoms with Gasteiger partial charge in [-0.25, -0.2) is 0 Å². The van der Waals surface area contributed by atoms with Crippen LogP contribution in [0.2, 0.25) is 0 Å². The third kappa shape index (κ3) is 3.51. The largest absolute Gasteiger partial charge is 0.342 e. The number of hydrogen-bond acceptors (Lipinski definition) is 3. The van der Waals surface area contributed by atoms with Crippen LogP contribution in [0.25, 0.3) is 0 Å². The molecular formula is C15H27N3O2. The molecule has 0 aromatic heterocycles. The number of rotatable bonds is 2. The summed E-state index contributed by atoms with van der Waals surface area (Å²) in [6, 6.07) is 0. The van der Waals surface area contributed by atoms with E-state index >= 15 is 0 Å². The molecule has 2 aliphatic rings. The highest BCUT2D eigenvalue weighted by molar-refractivity contribution is 5.81. The number of nitrogens with zero attached hydrogens (tertiary/aromatic N) is 3. The number of carbonyl (C=O) groups excluding carboxylic acids is 2. The number of likely N-dealkylation sites (N-methyl/N-ethyl adjacent to an activating group) is 1. The molecular weight excluding hydrogens is 254 g/mol. The summed E-state index contributed by atoms with van der Waals surface area (Å²) >= 11 is 0. The number of hydrogen-bond donors (Lipinski definition) is 0. The molecule has 0 aliphatic carbocycles. The van der Waals surface area contributed by atoms with Gasteiger partial charge in [0.1, 0.15) is 0 Å². The van der Waals surface area contributed by atoms with Gasteiger partial charge in [-0.2, -0.15) is 0 Å². The zero-order valence-corrected chi connectivity index (χ0v) is 13.0. The van der Waals surface area contributed by atoms with Crippen LogP contribution < -0.4 is 0 Å². The molecule has 2 amide bonds. The Labute approximate surface area is 121 Å². The first kappa shape index (κ1) is 15.3. The van der Waals surface area contributed by atoms with Gasteiger partial charge in [0, 0.05) is 51.1 Å². The molecule has 0 spiro atoms. The van der Waals surface area contributed by atoms with E-state index in [1.807, 2.05) is 23.6 Å². The standard InChI is InChI=1S/C15H27N3O2/c1-12(2)14(19)17-6-4-13(5-7-17)15(20)18-10-8-16(3)9-11-18/h12-13H,4-11H2,1-3H3. The van der Waals surface area contributed by atoms with Crippen molar-refractivity contribution in [3.8, 4) is 0 Å². The number of amides is 2. The predicted molar refractivity (Wildman–Crippen MR) is 78.2 cm³/mol. The van der Waals surface area contributed by atoms with E-state index in [-0.39, 0.29) is 17.7 Å². The SMILES string of the molecule is CC(C)C(=O)N1CCC(C(=O)N2CCN(C)CC2)CC1. The van der Waals surface area contributed by atoms with Crippen molar-refractivity contribution in [2.24, 2.45) is 11.8 Å². The van der Waals surface area contributed by atoms with Crippen LogP contribution in [0, 0.1) is 11.8 Å². The number of carbonyl (C=O) groups is 2. The molecule has 2 saturated heterocycles. The fourth-order valence-corrected chi connectivity index (χ4v) is 3.00. The number of likely N-dealkylation sites (tertiary alicyclic amines) is 1. The Hall–Kier alpha value is -1.10. The Morgan fingerprint density at radius 1 is 0.900 bits per heavy atom. The van der Waals surface area contributed by atoms with Gasteiger partial charge in [-0.3, -0.25) is 9.59 Å². The molecule has 20 heavy (non-hydrogen) atoms. The summed E-state index contributed by atoms with van der Waals surface area (Å²) < 4.78 is 0. The maximum Gasteiger partial charge on any atom is 0.225 e. The van der Waals surface area contributed by atoms with Crippen LogP contribution in [0.15, 0.2) is 0 Å². The average Bonchev–Trinajstić information content (AvgIpc) is 2.46. The van der Waals surface area contributed by atoms with Gasteiger partial charge >= 0.3 is 0 Å². The lowest BCUT2D eigenvalue weighted by atomic mass is 9.94. The van der Waals surface area contributed by atoms with Crippen LogP contribution in [0.5, 0.6) is 0 Å². The van der Waals surface area contributed by atoms with Crippen molar-refractivity contribution in [1.82, 2.24) is 14.7 Å². The minimum absolute atomic E-state index is 0.0554. The van der Waals surface area contributed by atoms with Crippen LogP contribution in [0.1, 0.15) is 26.7 Å². The Balaban J connectivity index is 1.81. The molecule has 0 unspecified atom stereocenters. The van der Waals surface area contributed by atoms with Crippen LogP contribution in [-0.4, -0.2) is 72.8 Å². The highest BCUT2D eigenvalue weighted by atomic mass is 16.2. The van der Waals surface area contributed by atoms with Gasteiger partial charge in [0.15, 0.2) is 0 Å². The van der Waals surface area contributed by atoms with Crippen molar-refractivity contribution >= 4 is 11.8 Å². The molecule has 0 saturated carbocycles. The first-order valence-electron chi connectivity index (χ1n) is 7.75. The van der Waals surface area contributed by atoms with Crippen molar-refractivity contribution in [3.05, 3.63) is 0 Å². The first-order valence-corrected chi connectivity index (χ1v) is 7.75. The monoisotopic (exact) mass is 281 g/mol. The lowest BCUT2D eigenvalue weighted by molar-refractivity contribution is -0.143. The van der Waals surface area contributed by atoms with E-state index in [1.165, 1.54) is 0 Å². The van der Waals surface area contributed by atoms with Crippen molar-refractivity contribution in [3.63, 3.8) is 0 Å². The van der Waals surface area contributed by atoms with Crippen molar-refractivity contribution in [1.29, 1.82) is 0 Å². The smallest absolute Gasteiger partial charge is 0.225 e. The van der Waals surface area contributed by atoms with Gasteiger partial charge in [0.05, 0.1) is 0 Å². The van der Waals surface area contributed by atoms with E-state index < -0.39 is 0 Å². The molecule has 0 aromatic carbocycles. The predicted octanol–water partition coefficient (Wildman–Crippen LogP) is 0.655. The highest BCUT2D eigenvalue weighted by Gasteiger charge is 2.31. The van der Waals surface area contributed by atoms with Crippen LogP contribution in [0.3, 0.4) is 0 Å². The zero-order chi connectivity index (χ0) is 14.7. The van der Waals surface area contributed by atoms with Crippen molar-refractivity contribution in [2.45, 2.75) is 26.7 Å². The maximum absolute atomic E-state index is 12.5. The topological polar surface area (TPSA) is 43.9 Å². The highest BCUT2D eigenvalue weighted by Crippen LogP contribution is 2.21. The quantitative estimate of drug-likeness (QED) is 0.747. The second kappa shape index (κ2) is 6.57. The molecule has 2 aliphatic heterocycles. The lowest BCUT2D eigenvalue weighted by Gasteiger charge is -2.38. The average molecular weight is 281 g/mol. The molecule has 0 bridgehead atoms. The number of piperidine rings is 1. The van der Waals surface area contributed by atoms with Gasteiger partial charge in [0.25, 0.3) is 0 Å². The van der Waals surface area contributed by atoms with E-state index in [0.29, 0.717) is 5.91 Å². The Bertz CT molecular complexity index is 354. The number of piperazine rings is 1. The van der Waals surface area contributed by atoms with Crippen molar-refractivity contribution in [2.75, 3.05) is 46.3 Å². The van der Waals surface area contributed by atoms with Gasteiger partial charge < -0.3 is 14.7 Å². The lowest BCUT2D eigenvalue weighted by Crippen LogP contribution is -2.51. The molecule has 2 fully saturated rings. The summed E-state index contributed by atoms with van der Waals surface area (Å²) in [6.07, 6.45) is 1.65. The van der Waals surface area contributed by atoms with E-state index in [9.17, 15) is 9.59 Å². The van der Waals surface area contributed by atoms with Gasteiger partial charge in [-0.1, -0.05) is 13.8 Å². The second-order valence-corrected chi connectivity index (χ2v) is 6.38. The zero-order valence-electron chi connectivity index (χ0n) is 13.0. The maximum atomic E-state index is 12.5. The first-order chi connectivity index (χ1) is 9.49. The Kier molecular flexibility index (Phi) is 5.02. The molecule has 2 rings (SSSR count). The van der Waals surface area contributed by atoms with Crippen LogP contribution >= 0.6 is 0 Å². The molecule has 2 heterocycles. The fraction of sp³-hybridized carbons (Fsp3) is 0.867. The third-order valence-corrected chi connectivity index (χ3v) is 4.46. The molecule has 5 nitrogen and oxygen atoms in total. The molecule has 0 N–H and O–H groups in total. The Morgan fingerprint density at radius 3 is 1.95 bits per heavy atom. The van der Waals surface area contributed by atoms with Crippen LogP contribution in [-0.2, 0) is 9.59 Å². The summed E-state index contributed by atoms with van der Waals surface area (Å²) in [4.78, 5) is 30.6. The van der Waals surface area contributed by atoms with E-state index in [1.54, 1.807) is 0 Å². The fourth-order valence-electron chi connectivity index (χ4n) is 3.00. The normalized spacial score (nSPS) is 22.4. The van der Waals surface area contributed by atoms with Crippen molar-refractivity contribution < 1.29 is 9.59 Å². The molecule has 114 valence electrons. The van der Waals surface area contributed by atoms with Gasteiger partial charge in [0.2, 0.25) is 11.8 Å². The summed E-state index contributed by atoms with van der Waals surface area (Å²) in [5.41, 5.74) is 0. The van der Waals surface area contributed by atoms with E-state index in [4.69, 9.17) is 0 Å². The molecule has 5 heteroatoms. The van der Waals surface area contributed by atoms with E-state index in [2.05, 4.69) is 11.9 Å². The summed E-state index contributed by atoms with van der Waals surface area (Å²) in [6.45, 7) is 8.98. The summed E-state index contributed by atoms with van der Waals surface area (Å²) in [7, 11) is 2.10. The third-order valence-electron chi connectivity index (χ3n) is 4.46. The molecule has 0 atom stereocenters. The summed E-state index contributed by atoms with van der Waals surface area (Å²) in [5.74, 6) is 0.694. The second-order valence-electron chi connectivity index (χ2n) is 6.38.